The van der Waals surface area contributed by atoms with E-state index in [9.17, 15) is 0 Å². The van der Waals surface area contributed by atoms with Crippen LogP contribution in [0.1, 0.15) is 52.9 Å². The Morgan fingerprint density at radius 2 is 2.07 bits per heavy atom. The first-order valence-corrected chi connectivity index (χ1v) is 6.57. The van der Waals surface area contributed by atoms with Gasteiger partial charge in [0.05, 0.1) is 6.10 Å². The molecule has 0 bridgehead atoms. The molecule has 0 aromatic carbocycles. The van der Waals surface area contributed by atoms with Crippen molar-refractivity contribution in [2.24, 2.45) is 5.92 Å². The van der Waals surface area contributed by atoms with Gasteiger partial charge >= 0.3 is 0 Å². The molecule has 2 nitrogen and oxygen atoms in total. The lowest BCUT2D eigenvalue weighted by atomic mass is 10.2. The summed E-state index contributed by atoms with van der Waals surface area (Å²) in [5.74, 6) is 0.990. The maximum atomic E-state index is 5.76. The Bertz CT molecular complexity index is 157. The second-order valence-electron chi connectivity index (χ2n) is 5.01. The highest BCUT2D eigenvalue weighted by Crippen LogP contribution is 2.32. The quantitative estimate of drug-likeness (QED) is 0.636. The van der Waals surface area contributed by atoms with E-state index < -0.39 is 0 Å². The normalized spacial score (nSPS) is 20.2. The van der Waals surface area contributed by atoms with E-state index in [1.165, 1.54) is 32.1 Å². The lowest BCUT2D eigenvalue weighted by molar-refractivity contribution is 0.0600. The molecule has 2 atom stereocenters. The third-order valence-electron chi connectivity index (χ3n) is 3.10. The molecule has 1 saturated carbocycles. The Morgan fingerprint density at radius 1 is 1.33 bits per heavy atom. The Labute approximate surface area is 94.8 Å². The largest absolute Gasteiger partial charge is 0.377 e. The standard InChI is InChI=1S/C13H27NO/c1-4-5-11(2)14-10-12(3)15-9-8-13-6-7-13/h11-14H,4-10H2,1-3H3. The second-order valence-corrected chi connectivity index (χ2v) is 5.01. The van der Waals surface area contributed by atoms with Crippen LogP contribution in [-0.2, 0) is 4.74 Å². The minimum absolute atomic E-state index is 0.364. The number of nitrogens with one attached hydrogen (secondary N) is 1. The average molecular weight is 213 g/mol. The van der Waals surface area contributed by atoms with E-state index in [0.29, 0.717) is 12.1 Å². The fraction of sp³-hybridized carbons (Fsp3) is 1.00. The molecular weight excluding hydrogens is 186 g/mol. The minimum Gasteiger partial charge on any atom is -0.377 e. The molecule has 0 aromatic heterocycles. The smallest absolute Gasteiger partial charge is 0.0671 e. The van der Waals surface area contributed by atoms with E-state index in [1.807, 2.05) is 0 Å². The Balaban J connectivity index is 1.89. The average Bonchev–Trinajstić information content (AvgIpc) is 2.99. The molecule has 0 aromatic rings. The molecule has 1 aliphatic rings. The first kappa shape index (κ1) is 13.0. The molecule has 15 heavy (non-hydrogen) atoms. The van der Waals surface area contributed by atoms with Crippen molar-refractivity contribution >= 4 is 0 Å². The summed E-state index contributed by atoms with van der Waals surface area (Å²) in [7, 11) is 0. The summed E-state index contributed by atoms with van der Waals surface area (Å²) in [5.41, 5.74) is 0. The molecular formula is C13H27NO. The molecule has 0 radical (unpaired) electrons. The molecule has 1 N–H and O–H groups in total. The summed E-state index contributed by atoms with van der Waals surface area (Å²) in [6, 6.07) is 0.629. The van der Waals surface area contributed by atoms with Gasteiger partial charge in [-0.3, -0.25) is 0 Å². The maximum Gasteiger partial charge on any atom is 0.0671 e. The van der Waals surface area contributed by atoms with Crippen molar-refractivity contribution in [3.63, 3.8) is 0 Å². The van der Waals surface area contributed by atoms with Gasteiger partial charge in [-0.05, 0) is 32.6 Å². The topological polar surface area (TPSA) is 21.3 Å². The fourth-order valence-electron chi connectivity index (χ4n) is 1.80. The zero-order valence-corrected chi connectivity index (χ0v) is 10.6. The van der Waals surface area contributed by atoms with Crippen LogP contribution in [0.25, 0.3) is 0 Å². The van der Waals surface area contributed by atoms with Gasteiger partial charge in [-0.1, -0.05) is 26.2 Å². The third kappa shape index (κ3) is 6.91. The molecule has 1 fully saturated rings. The Hall–Kier alpha value is -0.0800. The summed E-state index contributed by atoms with van der Waals surface area (Å²) >= 11 is 0. The molecule has 0 saturated heterocycles. The van der Waals surface area contributed by atoms with Crippen molar-refractivity contribution in [2.75, 3.05) is 13.2 Å². The predicted molar refractivity (Wildman–Crippen MR) is 65.1 cm³/mol. The van der Waals surface area contributed by atoms with Crippen molar-refractivity contribution in [3.8, 4) is 0 Å². The first-order valence-electron chi connectivity index (χ1n) is 6.57. The van der Waals surface area contributed by atoms with Gasteiger partial charge in [0.15, 0.2) is 0 Å². The lowest BCUT2D eigenvalue weighted by Gasteiger charge is -2.17. The van der Waals surface area contributed by atoms with Crippen molar-refractivity contribution in [3.05, 3.63) is 0 Å². The van der Waals surface area contributed by atoms with Gasteiger partial charge in [0.2, 0.25) is 0 Å². The van der Waals surface area contributed by atoms with Gasteiger partial charge in [0.1, 0.15) is 0 Å². The van der Waals surface area contributed by atoms with Crippen LogP contribution in [0, 0.1) is 5.92 Å². The summed E-state index contributed by atoms with van der Waals surface area (Å²) < 4.78 is 5.76. The Kier molecular flexibility index (Phi) is 6.26. The third-order valence-corrected chi connectivity index (χ3v) is 3.10. The van der Waals surface area contributed by atoms with E-state index in [0.717, 1.165) is 19.1 Å². The molecule has 1 rings (SSSR count). The summed E-state index contributed by atoms with van der Waals surface area (Å²) in [4.78, 5) is 0. The molecule has 0 spiro atoms. The number of rotatable bonds is 9. The van der Waals surface area contributed by atoms with Gasteiger partial charge < -0.3 is 10.1 Å². The van der Waals surface area contributed by atoms with Crippen molar-refractivity contribution in [2.45, 2.75) is 65.0 Å². The second kappa shape index (κ2) is 7.24. The predicted octanol–water partition coefficient (Wildman–Crippen LogP) is 2.97. The van der Waals surface area contributed by atoms with Crippen molar-refractivity contribution < 1.29 is 4.74 Å². The molecule has 2 heteroatoms. The molecule has 2 unspecified atom stereocenters. The number of ether oxygens (including phenoxy) is 1. The van der Waals surface area contributed by atoms with Gasteiger partial charge in [0.25, 0.3) is 0 Å². The zero-order valence-electron chi connectivity index (χ0n) is 10.6. The van der Waals surface area contributed by atoms with Crippen LogP contribution in [0.4, 0.5) is 0 Å². The maximum absolute atomic E-state index is 5.76. The zero-order chi connectivity index (χ0) is 11.1. The summed E-state index contributed by atoms with van der Waals surface area (Å²) in [5, 5.41) is 3.51. The highest BCUT2D eigenvalue weighted by Gasteiger charge is 2.20. The van der Waals surface area contributed by atoms with Crippen LogP contribution in [0.5, 0.6) is 0 Å². The fourth-order valence-corrected chi connectivity index (χ4v) is 1.80. The van der Waals surface area contributed by atoms with Crippen LogP contribution in [0.15, 0.2) is 0 Å². The van der Waals surface area contributed by atoms with E-state index in [1.54, 1.807) is 0 Å². The monoisotopic (exact) mass is 213 g/mol. The van der Waals surface area contributed by atoms with Gasteiger partial charge in [-0.2, -0.15) is 0 Å². The molecule has 0 aliphatic heterocycles. The van der Waals surface area contributed by atoms with Crippen molar-refractivity contribution in [1.82, 2.24) is 5.32 Å². The van der Waals surface area contributed by atoms with Gasteiger partial charge in [-0.25, -0.2) is 0 Å². The minimum atomic E-state index is 0.364. The van der Waals surface area contributed by atoms with E-state index in [2.05, 4.69) is 26.1 Å². The van der Waals surface area contributed by atoms with Crippen LogP contribution >= 0.6 is 0 Å². The molecule has 90 valence electrons. The van der Waals surface area contributed by atoms with Crippen LogP contribution < -0.4 is 5.32 Å². The Morgan fingerprint density at radius 3 is 2.67 bits per heavy atom. The van der Waals surface area contributed by atoms with Crippen LogP contribution in [0.2, 0.25) is 0 Å². The van der Waals surface area contributed by atoms with Crippen LogP contribution in [0.3, 0.4) is 0 Å². The first-order chi connectivity index (χ1) is 7.22. The SMILES string of the molecule is CCCC(C)NCC(C)OCCC1CC1. The highest BCUT2D eigenvalue weighted by atomic mass is 16.5. The molecule has 0 amide bonds. The van der Waals surface area contributed by atoms with Crippen LogP contribution in [-0.4, -0.2) is 25.3 Å². The van der Waals surface area contributed by atoms with E-state index >= 15 is 0 Å². The van der Waals surface area contributed by atoms with Gasteiger partial charge in [-0.15, -0.1) is 0 Å². The highest BCUT2D eigenvalue weighted by molar-refractivity contribution is 4.72. The summed E-state index contributed by atoms with van der Waals surface area (Å²) in [6.45, 7) is 8.59. The van der Waals surface area contributed by atoms with Gasteiger partial charge in [0, 0.05) is 19.2 Å². The van der Waals surface area contributed by atoms with Crippen molar-refractivity contribution in [1.29, 1.82) is 0 Å². The molecule has 1 aliphatic carbocycles. The number of hydrogen-bond acceptors (Lipinski definition) is 2. The lowest BCUT2D eigenvalue weighted by Crippen LogP contribution is -2.33. The van der Waals surface area contributed by atoms with E-state index in [4.69, 9.17) is 4.74 Å². The molecule has 0 heterocycles. The van der Waals surface area contributed by atoms with E-state index in [-0.39, 0.29) is 0 Å². The number of hydrogen-bond donors (Lipinski definition) is 1. The summed E-state index contributed by atoms with van der Waals surface area (Å²) in [6.07, 6.45) is 7.02.